The van der Waals surface area contributed by atoms with E-state index in [0.717, 1.165) is 37.3 Å². The standard InChI is InChI=1S/C12H23N5O/c1-9-4-6-12(18-3,7-5-9)11(15-13)10-8-14-16-17(10)2/h8-9,11,15H,4-7,13H2,1-3H3. The molecule has 0 aliphatic heterocycles. The highest BCUT2D eigenvalue weighted by Gasteiger charge is 2.43. The van der Waals surface area contributed by atoms with Gasteiger partial charge in [0.15, 0.2) is 0 Å². The molecule has 6 nitrogen and oxygen atoms in total. The van der Waals surface area contributed by atoms with Crippen molar-refractivity contribution in [2.45, 2.75) is 44.2 Å². The quantitative estimate of drug-likeness (QED) is 0.616. The first kappa shape index (κ1) is 13.5. The molecule has 1 aliphatic carbocycles. The van der Waals surface area contributed by atoms with Gasteiger partial charge >= 0.3 is 0 Å². The molecule has 0 saturated heterocycles. The van der Waals surface area contributed by atoms with E-state index < -0.39 is 0 Å². The smallest absolute Gasteiger partial charge is 0.0934 e. The molecule has 0 bridgehead atoms. The van der Waals surface area contributed by atoms with Gasteiger partial charge in [0, 0.05) is 14.2 Å². The number of hydrogen-bond acceptors (Lipinski definition) is 5. The lowest BCUT2D eigenvalue weighted by Gasteiger charge is -2.43. The molecular formula is C12H23N5O. The molecule has 3 N–H and O–H groups in total. The number of hydrogen-bond donors (Lipinski definition) is 2. The number of nitrogens with one attached hydrogen (secondary N) is 1. The molecule has 1 aromatic heterocycles. The van der Waals surface area contributed by atoms with E-state index in [4.69, 9.17) is 10.6 Å². The van der Waals surface area contributed by atoms with Crippen molar-refractivity contribution in [3.63, 3.8) is 0 Å². The number of aromatic nitrogens is 3. The lowest BCUT2D eigenvalue weighted by atomic mass is 9.74. The number of nitrogens with two attached hydrogens (primary N) is 1. The van der Waals surface area contributed by atoms with Gasteiger partial charge in [0.2, 0.25) is 0 Å². The van der Waals surface area contributed by atoms with Crippen molar-refractivity contribution in [1.29, 1.82) is 0 Å². The molecule has 0 spiro atoms. The van der Waals surface area contributed by atoms with Gasteiger partial charge in [0.1, 0.15) is 0 Å². The maximum atomic E-state index is 5.85. The van der Waals surface area contributed by atoms with Crippen molar-refractivity contribution in [3.05, 3.63) is 11.9 Å². The van der Waals surface area contributed by atoms with Gasteiger partial charge in [-0.25, -0.2) is 5.43 Å². The minimum Gasteiger partial charge on any atom is -0.376 e. The molecule has 2 rings (SSSR count). The Labute approximate surface area is 108 Å². The molecule has 1 saturated carbocycles. The molecule has 1 aliphatic rings. The average Bonchev–Trinajstić information content (AvgIpc) is 2.79. The molecule has 1 aromatic rings. The topological polar surface area (TPSA) is 78.0 Å². The summed E-state index contributed by atoms with van der Waals surface area (Å²) in [4.78, 5) is 0. The number of nitrogens with zero attached hydrogens (tertiary/aromatic N) is 3. The van der Waals surface area contributed by atoms with Gasteiger partial charge in [-0.05, 0) is 31.6 Å². The van der Waals surface area contributed by atoms with Crippen LogP contribution in [-0.4, -0.2) is 27.7 Å². The Bertz CT molecular complexity index is 384. The highest BCUT2D eigenvalue weighted by molar-refractivity contribution is 5.11. The summed E-state index contributed by atoms with van der Waals surface area (Å²) in [6, 6.07) is -0.0741. The van der Waals surface area contributed by atoms with Gasteiger partial charge in [0.25, 0.3) is 0 Å². The lowest BCUT2D eigenvalue weighted by molar-refractivity contribution is -0.0778. The zero-order valence-corrected chi connectivity index (χ0v) is 11.4. The Morgan fingerprint density at radius 2 is 2.22 bits per heavy atom. The summed E-state index contributed by atoms with van der Waals surface area (Å²) in [5, 5.41) is 7.90. The highest BCUT2D eigenvalue weighted by atomic mass is 16.5. The van der Waals surface area contributed by atoms with Gasteiger partial charge in [-0.2, -0.15) is 0 Å². The molecule has 1 atom stereocenters. The number of ether oxygens (including phenoxy) is 1. The molecule has 1 unspecified atom stereocenters. The van der Waals surface area contributed by atoms with Gasteiger partial charge < -0.3 is 4.74 Å². The van der Waals surface area contributed by atoms with Crippen LogP contribution in [0.15, 0.2) is 6.20 Å². The molecular weight excluding hydrogens is 230 g/mol. The molecule has 0 aromatic carbocycles. The summed E-state index contributed by atoms with van der Waals surface area (Å²) in [5.74, 6) is 6.52. The summed E-state index contributed by atoms with van der Waals surface area (Å²) in [6.07, 6.45) is 6.09. The van der Waals surface area contributed by atoms with Gasteiger partial charge in [-0.15, -0.1) is 5.10 Å². The van der Waals surface area contributed by atoms with Gasteiger partial charge in [0.05, 0.1) is 23.5 Å². The van der Waals surface area contributed by atoms with Crippen molar-refractivity contribution in [3.8, 4) is 0 Å². The Morgan fingerprint density at radius 3 is 2.67 bits per heavy atom. The third-order valence-corrected chi connectivity index (χ3v) is 4.27. The first-order chi connectivity index (χ1) is 8.63. The molecule has 6 heteroatoms. The summed E-state index contributed by atoms with van der Waals surface area (Å²) >= 11 is 0. The normalized spacial score (nSPS) is 30.3. The fraction of sp³-hybridized carbons (Fsp3) is 0.833. The van der Waals surface area contributed by atoms with E-state index in [-0.39, 0.29) is 11.6 Å². The largest absolute Gasteiger partial charge is 0.376 e. The fourth-order valence-corrected chi connectivity index (χ4v) is 2.93. The SMILES string of the molecule is COC1(C(NN)c2cnnn2C)CCC(C)CC1. The van der Waals surface area contributed by atoms with E-state index in [1.807, 2.05) is 7.05 Å². The zero-order valence-electron chi connectivity index (χ0n) is 11.4. The van der Waals surface area contributed by atoms with Crippen LogP contribution in [0.5, 0.6) is 0 Å². The first-order valence-electron chi connectivity index (χ1n) is 6.49. The predicted octanol–water partition coefficient (Wildman–Crippen LogP) is 0.915. The Morgan fingerprint density at radius 1 is 1.56 bits per heavy atom. The summed E-state index contributed by atoms with van der Waals surface area (Å²) in [7, 11) is 3.64. The van der Waals surface area contributed by atoms with E-state index in [2.05, 4.69) is 22.7 Å². The van der Waals surface area contributed by atoms with E-state index in [1.165, 1.54) is 0 Å². The Hall–Kier alpha value is -0.980. The van der Waals surface area contributed by atoms with Gasteiger partial charge in [-0.3, -0.25) is 10.5 Å². The predicted molar refractivity (Wildman–Crippen MR) is 68.4 cm³/mol. The number of aryl methyl sites for hydroxylation is 1. The highest BCUT2D eigenvalue weighted by Crippen LogP contribution is 2.42. The van der Waals surface area contributed by atoms with Crippen LogP contribution in [0.25, 0.3) is 0 Å². The van der Waals surface area contributed by atoms with Crippen LogP contribution in [0.1, 0.15) is 44.3 Å². The van der Waals surface area contributed by atoms with Crippen molar-refractivity contribution < 1.29 is 4.74 Å². The molecule has 0 radical (unpaired) electrons. The summed E-state index contributed by atoms with van der Waals surface area (Å²) in [5.41, 5.74) is 3.61. The minimum absolute atomic E-state index is 0.0741. The second kappa shape index (κ2) is 5.34. The second-order valence-corrected chi connectivity index (χ2v) is 5.33. The molecule has 18 heavy (non-hydrogen) atoms. The maximum absolute atomic E-state index is 5.85. The fourth-order valence-electron chi connectivity index (χ4n) is 2.93. The van der Waals surface area contributed by atoms with Crippen LogP contribution in [0.4, 0.5) is 0 Å². The minimum atomic E-state index is -0.253. The van der Waals surface area contributed by atoms with Crippen molar-refractivity contribution in [1.82, 2.24) is 20.4 Å². The zero-order chi connectivity index (χ0) is 13.2. The van der Waals surface area contributed by atoms with E-state index in [9.17, 15) is 0 Å². The van der Waals surface area contributed by atoms with Crippen molar-refractivity contribution in [2.75, 3.05) is 7.11 Å². The maximum Gasteiger partial charge on any atom is 0.0934 e. The van der Waals surface area contributed by atoms with E-state index in [0.29, 0.717) is 0 Å². The van der Waals surface area contributed by atoms with Crippen LogP contribution in [0, 0.1) is 5.92 Å². The van der Waals surface area contributed by atoms with Crippen LogP contribution in [0.3, 0.4) is 0 Å². The Balaban J connectivity index is 2.27. The van der Waals surface area contributed by atoms with Crippen molar-refractivity contribution >= 4 is 0 Å². The Kier molecular flexibility index (Phi) is 3.99. The number of hydrazine groups is 1. The second-order valence-electron chi connectivity index (χ2n) is 5.33. The van der Waals surface area contributed by atoms with E-state index in [1.54, 1.807) is 18.0 Å². The molecule has 0 amide bonds. The van der Waals surface area contributed by atoms with Crippen LogP contribution >= 0.6 is 0 Å². The van der Waals surface area contributed by atoms with Crippen LogP contribution in [-0.2, 0) is 11.8 Å². The lowest BCUT2D eigenvalue weighted by Crippen LogP contribution is -2.50. The number of rotatable bonds is 4. The van der Waals surface area contributed by atoms with Crippen molar-refractivity contribution in [2.24, 2.45) is 18.8 Å². The molecule has 1 fully saturated rings. The van der Waals surface area contributed by atoms with E-state index >= 15 is 0 Å². The van der Waals surface area contributed by atoms with Crippen LogP contribution in [0.2, 0.25) is 0 Å². The average molecular weight is 253 g/mol. The third-order valence-electron chi connectivity index (χ3n) is 4.27. The summed E-state index contributed by atoms with van der Waals surface area (Å²) < 4.78 is 7.60. The third kappa shape index (κ3) is 2.28. The molecule has 102 valence electrons. The van der Waals surface area contributed by atoms with Crippen LogP contribution < -0.4 is 11.3 Å². The summed E-state index contributed by atoms with van der Waals surface area (Å²) in [6.45, 7) is 2.29. The molecule has 1 heterocycles. The van der Waals surface area contributed by atoms with Gasteiger partial charge in [-0.1, -0.05) is 12.1 Å². The first-order valence-corrected chi connectivity index (χ1v) is 6.49. The monoisotopic (exact) mass is 253 g/mol. The number of methoxy groups -OCH3 is 1.